The van der Waals surface area contributed by atoms with Crippen molar-refractivity contribution >= 4 is 5.91 Å². The quantitative estimate of drug-likeness (QED) is 0.779. The van der Waals surface area contributed by atoms with E-state index in [0.717, 1.165) is 23.4 Å². The van der Waals surface area contributed by atoms with E-state index in [1.807, 2.05) is 27.7 Å². The Bertz CT molecular complexity index is 731. The molecule has 1 aliphatic rings. The van der Waals surface area contributed by atoms with Gasteiger partial charge in [-0.3, -0.25) is 4.79 Å². The first-order valence-corrected chi connectivity index (χ1v) is 9.21. The number of hydrogen-bond acceptors (Lipinski definition) is 7. The molecule has 1 aliphatic heterocycles. The molecule has 0 saturated carbocycles. The first-order valence-electron chi connectivity index (χ1n) is 9.21. The number of aryl methyl sites for hydroxylation is 2. The Labute approximate surface area is 152 Å². The molecule has 0 aliphatic carbocycles. The lowest BCUT2D eigenvalue weighted by Gasteiger charge is -2.33. The maximum Gasteiger partial charge on any atom is 0.241 e. The fourth-order valence-corrected chi connectivity index (χ4v) is 3.11. The Morgan fingerprint density at radius 1 is 1.27 bits per heavy atom. The van der Waals surface area contributed by atoms with Crippen molar-refractivity contribution in [2.24, 2.45) is 0 Å². The summed E-state index contributed by atoms with van der Waals surface area (Å²) in [5.41, 5.74) is 1.75. The second-order valence-corrected chi connectivity index (χ2v) is 6.73. The summed E-state index contributed by atoms with van der Waals surface area (Å²) in [5, 5.41) is 12.3. The van der Waals surface area contributed by atoms with Crippen LogP contribution in [0.5, 0.6) is 0 Å². The molecule has 8 nitrogen and oxygen atoms in total. The van der Waals surface area contributed by atoms with Crippen molar-refractivity contribution in [2.75, 3.05) is 19.8 Å². The average molecular weight is 362 g/mol. The van der Waals surface area contributed by atoms with Crippen molar-refractivity contribution in [3.05, 3.63) is 28.8 Å². The van der Waals surface area contributed by atoms with Gasteiger partial charge in [-0.1, -0.05) is 32.9 Å². The minimum Gasteiger partial charge on any atom is -0.423 e. The Kier molecular flexibility index (Phi) is 5.70. The highest BCUT2D eigenvalue weighted by Crippen LogP contribution is 2.27. The summed E-state index contributed by atoms with van der Waals surface area (Å²) < 4.78 is 16.7. The Morgan fingerprint density at radius 2 is 2.08 bits per heavy atom. The molecule has 3 heterocycles. The highest BCUT2D eigenvalue weighted by molar-refractivity contribution is 5.79. The minimum atomic E-state index is -0.355. The fraction of sp³-hybridized carbons (Fsp3) is 0.667. The number of hydrogen-bond donors (Lipinski definition) is 0. The van der Waals surface area contributed by atoms with Crippen molar-refractivity contribution < 1.29 is 18.5 Å². The third kappa shape index (κ3) is 3.65. The predicted molar refractivity (Wildman–Crippen MR) is 92.6 cm³/mol. The summed E-state index contributed by atoms with van der Waals surface area (Å²) in [6.45, 7) is 9.34. The lowest BCUT2D eigenvalue weighted by molar-refractivity contribution is -0.140. The van der Waals surface area contributed by atoms with Gasteiger partial charge in [-0.15, -0.1) is 10.2 Å². The predicted octanol–water partition coefficient (Wildman–Crippen LogP) is 2.45. The van der Waals surface area contributed by atoms with Crippen LogP contribution in [0.2, 0.25) is 0 Å². The fourth-order valence-electron chi connectivity index (χ4n) is 3.11. The maximum atomic E-state index is 13.0. The van der Waals surface area contributed by atoms with E-state index in [1.165, 1.54) is 0 Å². The molecule has 2 aromatic rings. The molecular formula is C18H26N4O4. The monoisotopic (exact) mass is 362 g/mol. The zero-order valence-corrected chi connectivity index (χ0v) is 15.8. The number of ether oxygens (including phenoxy) is 1. The van der Waals surface area contributed by atoms with Crippen LogP contribution in [0.1, 0.15) is 68.5 Å². The largest absolute Gasteiger partial charge is 0.423 e. The lowest BCUT2D eigenvalue weighted by atomic mass is 10.0. The van der Waals surface area contributed by atoms with Crippen LogP contribution in [0, 0.1) is 0 Å². The zero-order chi connectivity index (χ0) is 18.7. The average Bonchev–Trinajstić information content (AvgIpc) is 3.28. The normalized spacial score (nSPS) is 17.9. The van der Waals surface area contributed by atoms with Gasteiger partial charge in [0.1, 0.15) is 11.8 Å². The number of nitrogens with zero attached hydrogens (tertiary/aromatic N) is 4. The highest BCUT2D eigenvalue weighted by atomic mass is 16.5. The highest BCUT2D eigenvalue weighted by Gasteiger charge is 2.33. The zero-order valence-electron chi connectivity index (χ0n) is 15.8. The van der Waals surface area contributed by atoms with Gasteiger partial charge in [-0.2, -0.15) is 0 Å². The summed E-state index contributed by atoms with van der Waals surface area (Å²) in [4.78, 5) is 14.8. The number of carbonyl (C=O) groups is 1. The summed E-state index contributed by atoms with van der Waals surface area (Å²) >= 11 is 0. The van der Waals surface area contributed by atoms with Crippen LogP contribution in [-0.4, -0.2) is 45.9 Å². The number of morpholine rings is 1. The van der Waals surface area contributed by atoms with Gasteiger partial charge in [0.15, 0.2) is 0 Å². The number of amides is 1. The van der Waals surface area contributed by atoms with Crippen molar-refractivity contribution in [3.8, 4) is 0 Å². The molecule has 1 fully saturated rings. The number of rotatable bonds is 6. The minimum absolute atomic E-state index is 0.00445. The van der Waals surface area contributed by atoms with Gasteiger partial charge in [-0.25, -0.2) is 0 Å². The molecular weight excluding hydrogens is 336 g/mol. The number of carbonyl (C=O) groups excluding carboxylic acids is 1. The molecule has 0 N–H and O–H groups in total. The van der Waals surface area contributed by atoms with Crippen molar-refractivity contribution in [2.45, 2.75) is 58.9 Å². The third-order valence-corrected chi connectivity index (χ3v) is 4.62. The van der Waals surface area contributed by atoms with E-state index in [2.05, 4.69) is 15.4 Å². The van der Waals surface area contributed by atoms with E-state index in [9.17, 15) is 4.79 Å². The molecule has 1 unspecified atom stereocenters. The van der Waals surface area contributed by atoms with Crippen molar-refractivity contribution in [3.63, 3.8) is 0 Å². The molecule has 0 radical (unpaired) electrons. The van der Waals surface area contributed by atoms with Crippen LogP contribution >= 0.6 is 0 Å². The molecule has 0 aromatic carbocycles. The molecule has 26 heavy (non-hydrogen) atoms. The first kappa shape index (κ1) is 18.6. The first-order chi connectivity index (χ1) is 12.5. The molecule has 142 valence electrons. The van der Waals surface area contributed by atoms with Gasteiger partial charge < -0.3 is 18.6 Å². The molecule has 1 atom stereocenters. The van der Waals surface area contributed by atoms with Gasteiger partial charge in [-0.05, 0) is 6.42 Å². The van der Waals surface area contributed by atoms with E-state index in [4.69, 9.17) is 13.7 Å². The Balaban J connectivity index is 1.81. The van der Waals surface area contributed by atoms with E-state index < -0.39 is 0 Å². The second-order valence-electron chi connectivity index (χ2n) is 6.73. The molecule has 2 aromatic heterocycles. The van der Waals surface area contributed by atoms with Crippen LogP contribution in [0.25, 0.3) is 0 Å². The molecule has 3 rings (SSSR count). The SMILES string of the molecule is CCc1noc(CC)c1CC(=O)N1CCOCC1c1nnc(C(C)C)o1. The van der Waals surface area contributed by atoms with E-state index in [0.29, 0.717) is 38.0 Å². The number of aromatic nitrogens is 3. The van der Waals surface area contributed by atoms with Crippen LogP contribution in [0.3, 0.4) is 0 Å². The van der Waals surface area contributed by atoms with Gasteiger partial charge in [0.25, 0.3) is 0 Å². The maximum absolute atomic E-state index is 13.0. The van der Waals surface area contributed by atoms with Gasteiger partial charge in [0.2, 0.25) is 17.7 Å². The van der Waals surface area contributed by atoms with Gasteiger partial charge in [0, 0.05) is 24.4 Å². The lowest BCUT2D eigenvalue weighted by Crippen LogP contribution is -2.44. The summed E-state index contributed by atoms with van der Waals surface area (Å²) in [6, 6.07) is -0.355. The van der Waals surface area contributed by atoms with Gasteiger partial charge >= 0.3 is 0 Å². The summed E-state index contributed by atoms with van der Waals surface area (Å²) in [7, 11) is 0. The molecule has 1 saturated heterocycles. The van der Waals surface area contributed by atoms with Gasteiger partial charge in [0.05, 0.1) is 25.3 Å². The molecule has 1 amide bonds. The van der Waals surface area contributed by atoms with Crippen LogP contribution in [0.15, 0.2) is 8.94 Å². The summed E-state index contributed by atoms with van der Waals surface area (Å²) in [6.07, 6.45) is 1.71. The van der Waals surface area contributed by atoms with Crippen LogP contribution < -0.4 is 0 Å². The Morgan fingerprint density at radius 3 is 2.73 bits per heavy atom. The van der Waals surface area contributed by atoms with Crippen molar-refractivity contribution in [1.82, 2.24) is 20.3 Å². The van der Waals surface area contributed by atoms with Crippen LogP contribution in [0.4, 0.5) is 0 Å². The second kappa shape index (κ2) is 7.99. The van der Waals surface area contributed by atoms with E-state index in [1.54, 1.807) is 4.90 Å². The van der Waals surface area contributed by atoms with Crippen molar-refractivity contribution in [1.29, 1.82) is 0 Å². The standard InChI is InChI=1S/C18H26N4O4/c1-5-13-12(15(6-2)26-21-13)9-16(23)22-7-8-24-10-14(22)18-20-19-17(25-18)11(3)4/h11,14H,5-10H2,1-4H3. The smallest absolute Gasteiger partial charge is 0.241 e. The third-order valence-electron chi connectivity index (χ3n) is 4.62. The Hall–Kier alpha value is -2.22. The van der Waals surface area contributed by atoms with Crippen LogP contribution in [-0.2, 0) is 28.8 Å². The topological polar surface area (TPSA) is 94.5 Å². The van der Waals surface area contributed by atoms with E-state index >= 15 is 0 Å². The molecule has 8 heteroatoms. The molecule has 0 bridgehead atoms. The molecule has 0 spiro atoms. The van der Waals surface area contributed by atoms with E-state index in [-0.39, 0.29) is 24.3 Å². The summed E-state index contributed by atoms with van der Waals surface area (Å²) in [5.74, 6) is 1.91.